The van der Waals surface area contributed by atoms with E-state index < -0.39 is 6.10 Å². The molecule has 76 valence electrons. The maximum atomic E-state index is 9.50. The second-order valence-corrected chi connectivity index (χ2v) is 3.29. The van der Waals surface area contributed by atoms with Gasteiger partial charge >= 0.3 is 0 Å². The van der Waals surface area contributed by atoms with E-state index in [9.17, 15) is 5.11 Å². The summed E-state index contributed by atoms with van der Waals surface area (Å²) in [4.78, 5) is 0. The average Bonchev–Trinajstić information content (AvgIpc) is 2.95. The standard InChI is InChI=1S/C10H18O3/c1-3-5-6-12-10(8(11)4-2)9-7-13-9/h4,8-11H,2-3,5-7H2,1H3/t8-,9-,10+/m1/s1. The van der Waals surface area contributed by atoms with Crippen LogP contribution in [0.3, 0.4) is 0 Å². The largest absolute Gasteiger partial charge is 0.386 e. The summed E-state index contributed by atoms with van der Waals surface area (Å²) >= 11 is 0. The maximum Gasteiger partial charge on any atom is 0.115 e. The van der Waals surface area contributed by atoms with Crippen LogP contribution in [-0.4, -0.2) is 36.6 Å². The van der Waals surface area contributed by atoms with E-state index in [2.05, 4.69) is 13.5 Å². The molecule has 1 N–H and O–H groups in total. The van der Waals surface area contributed by atoms with Gasteiger partial charge in [0.25, 0.3) is 0 Å². The van der Waals surface area contributed by atoms with E-state index in [4.69, 9.17) is 9.47 Å². The van der Waals surface area contributed by atoms with Crippen molar-refractivity contribution in [2.45, 2.75) is 38.1 Å². The molecule has 3 atom stereocenters. The lowest BCUT2D eigenvalue weighted by Crippen LogP contribution is -2.32. The lowest BCUT2D eigenvalue weighted by molar-refractivity contribution is -0.0326. The van der Waals surface area contributed by atoms with Crippen molar-refractivity contribution in [3.8, 4) is 0 Å². The van der Waals surface area contributed by atoms with Crippen molar-refractivity contribution in [3.05, 3.63) is 12.7 Å². The minimum absolute atomic E-state index is 0.0739. The normalized spacial score (nSPS) is 25.2. The van der Waals surface area contributed by atoms with Crippen LogP contribution in [0.5, 0.6) is 0 Å². The molecule has 0 aromatic rings. The van der Waals surface area contributed by atoms with Crippen molar-refractivity contribution in [3.63, 3.8) is 0 Å². The van der Waals surface area contributed by atoms with E-state index in [1.54, 1.807) is 0 Å². The molecule has 1 rings (SSSR count). The molecule has 1 saturated heterocycles. The number of ether oxygens (including phenoxy) is 2. The monoisotopic (exact) mass is 186 g/mol. The van der Waals surface area contributed by atoms with E-state index in [0.717, 1.165) is 12.8 Å². The molecule has 0 aromatic carbocycles. The number of rotatable bonds is 7. The van der Waals surface area contributed by atoms with Gasteiger partial charge in [0.2, 0.25) is 0 Å². The van der Waals surface area contributed by atoms with E-state index in [1.807, 2.05) is 0 Å². The van der Waals surface area contributed by atoms with Gasteiger partial charge in [0, 0.05) is 6.61 Å². The van der Waals surface area contributed by atoms with E-state index in [0.29, 0.717) is 13.2 Å². The lowest BCUT2D eigenvalue weighted by Gasteiger charge is -2.18. The van der Waals surface area contributed by atoms with Crippen molar-refractivity contribution in [1.29, 1.82) is 0 Å². The number of aliphatic hydroxyl groups excluding tert-OH is 1. The summed E-state index contributed by atoms with van der Waals surface area (Å²) in [7, 11) is 0. The fourth-order valence-corrected chi connectivity index (χ4v) is 1.17. The van der Waals surface area contributed by atoms with Gasteiger partial charge in [-0.25, -0.2) is 0 Å². The van der Waals surface area contributed by atoms with Gasteiger partial charge in [0.15, 0.2) is 0 Å². The summed E-state index contributed by atoms with van der Waals surface area (Å²) in [5.74, 6) is 0. The number of hydrogen-bond acceptors (Lipinski definition) is 3. The highest BCUT2D eigenvalue weighted by atomic mass is 16.6. The summed E-state index contributed by atoms with van der Waals surface area (Å²) in [5, 5.41) is 9.50. The van der Waals surface area contributed by atoms with Crippen LogP contribution in [0.15, 0.2) is 12.7 Å². The van der Waals surface area contributed by atoms with Gasteiger partial charge in [0.1, 0.15) is 18.3 Å². The Morgan fingerprint density at radius 1 is 1.77 bits per heavy atom. The van der Waals surface area contributed by atoms with Gasteiger partial charge in [-0.3, -0.25) is 0 Å². The van der Waals surface area contributed by atoms with Crippen LogP contribution in [0, 0.1) is 0 Å². The molecule has 1 heterocycles. The third-order valence-corrected chi connectivity index (χ3v) is 2.11. The molecule has 3 nitrogen and oxygen atoms in total. The smallest absolute Gasteiger partial charge is 0.115 e. The van der Waals surface area contributed by atoms with Gasteiger partial charge in [-0.15, -0.1) is 6.58 Å². The number of epoxide rings is 1. The Bertz CT molecular complexity index is 154. The topological polar surface area (TPSA) is 42.0 Å². The zero-order valence-electron chi connectivity index (χ0n) is 8.11. The molecule has 1 fully saturated rings. The zero-order chi connectivity index (χ0) is 9.68. The number of hydrogen-bond donors (Lipinski definition) is 1. The molecule has 0 amide bonds. The third-order valence-electron chi connectivity index (χ3n) is 2.11. The van der Waals surface area contributed by atoms with Crippen molar-refractivity contribution in [2.75, 3.05) is 13.2 Å². The van der Waals surface area contributed by atoms with Crippen molar-refractivity contribution >= 4 is 0 Å². The molecule has 0 spiro atoms. The first kappa shape index (κ1) is 10.7. The molecule has 0 radical (unpaired) electrons. The minimum Gasteiger partial charge on any atom is -0.386 e. The molecular formula is C10H18O3. The molecule has 1 aliphatic heterocycles. The van der Waals surface area contributed by atoms with Crippen LogP contribution in [0.4, 0.5) is 0 Å². The van der Waals surface area contributed by atoms with Crippen molar-refractivity contribution < 1.29 is 14.6 Å². The van der Waals surface area contributed by atoms with E-state index >= 15 is 0 Å². The van der Waals surface area contributed by atoms with E-state index in [1.165, 1.54) is 6.08 Å². The highest BCUT2D eigenvalue weighted by molar-refractivity contribution is 4.93. The Kier molecular flexibility index (Phi) is 4.42. The molecule has 0 aromatic heterocycles. The summed E-state index contributed by atoms with van der Waals surface area (Å²) < 4.78 is 10.6. The minimum atomic E-state index is -0.607. The van der Waals surface area contributed by atoms with Gasteiger partial charge in [-0.2, -0.15) is 0 Å². The fourth-order valence-electron chi connectivity index (χ4n) is 1.17. The Morgan fingerprint density at radius 3 is 2.92 bits per heavy atom. The molecule has 3 heteroatoms. The first-order chi connectivity index (χ1) is 6.29. The fraction of sp³-hybridized carbons (Fsp3) is 0.800. The summed E-state index contributed by atoms with van der Waals surface area (Å²) in [5.41, 5.74) is 0. The zero-order valence-corrected chi connectivity index (χ0v) is 8.11. The lowest BCUT2D eigenvalue weighted by atomic mass is 10.1. The Hall–Kier alpha value is -0.380. The SMILES string of the molecule is C=C[C@@H](O)[C@H](OCCCC)[C@H]1CO1. The summed E-state index contributed by atoms with van der Waals surface area (Å²) in [6, 6.07) is 0. The van der Waals surface area contributed by atoms with Crippen LogP contribution in [0.25, 0.3) is 0 Å². The van der Waals surface area contributed by atoms with E-state index in [-0.39, 0.29) is 12.2 Å². The summed E-state index contributed by atoms with van der Waals surface area (Å²) in [6.45, 7) is 7.02. The average molecular weight is 186 g/mol. The first-order valence-electron chi connectivity index (χ1n) is 4.83. The van der Waals surface area contributed by atoms with Gasteiger partial charge in [0.05, 0.1) is 6.61 Å². The summed E-state index contributed by atoms with van der Waals surface area (Å²) in [6.07, 6.45) is 2.87. The van der Waals surface area contributed by atoms with Crippen LogP contribution < -0.4 is 0 Å². The molecule has 0 unspecified atom stereocenters. The van der Waals surface area contributed by atoms with Gasteiger partial charge in [-0.1, -0.05) is 19.4 Å². The number of unbranched alkanes of at least 4 members (excludes halogenated alkanes) is 1. The first-order valence-corrected chi connectivity index (χ1v) is 4.83. The molecule has 0 saturated carbocycles. The predicted octanol–water partition coefficient (Wildman–Crippen LogP) is 1.12. The highest BCUT2D eigenvalue weighted by Crippen LogP contribution is 2.20. The molecule has 0 bridgehead atoms. The van der Waals surface area contributed by atoms with Gasteiger partial charge in [-0.05, 0) is 6.42 Å². The Morgan fingerprint density at radius 2 is 2.46 bits per heavy atom. The van der Waals surface area contributed by atoms with Crippen LogP contribution in [-0.2, 0) is 9.47 Å². The molecular weight excluding hydrogens is 168 g/mol. The maximum absolute atomic E-state index is 9.50. The van der Waals surface area contributed by atoms with Crippen molar-refractivity contribution in [1.82, 2.24) is 0 Å². The van der Waals surface area contributed by atoms with Crippen LogP contribution in [0.2, 0.25) is 0 Å². The van der Waals surface area contributed by atoms with Crippen molar-refractivity contribution in [2.24, 2.45) is 0 Å². The molecule has 13 heavy (non-hydrogen) atoms. The Labute approximate surface area is 79.3 Å². The predicted molar refractivity (Wildman–Crippen MR) is 50.6 cm³/mol. The quantitative estimate of drug-likeness (QED) is 0.368. The highest BCUT2D eigenvalue weighted by Gasteiger charge is 2.37. The third kappa shape index (κ3) is 3.46. The molecule has 1 aliphatic rings. The van der Waals surface area contributed by atoms with Crippen LogP contribution >= 0.6 is 0 Å². The Balaban J connectivity index is 2.25. The molecule has 0 aliphatic carbocycles. The van der Waals surface area contributed by atoms with Crippen LogP contribution in [0.1, 0.15) is 19.8 Å². The second-order valence-electron chi connectivity index (χ2n) is 3.29. The number of aliphatic hydroxyl groups is 1. The van der Waals surface area contributed by atoms with Gasteiger partial charge < -0.3 is 14.6 Å². The second kappa shape index (κ2) is 5.37.